The van der Waals surface area contributed by atoms with Crippen molar-refractivity contribution < 1.29 is 13.2 Å². The molecule has 0 aliphatic rings. The van der Waals surface area contributed by atoms with Crippen molar-refractivity contribution in [3.63, 3.8) is 0 Å². The average molecular weight is 489 g/mol. The molecule has 0 aliphatic carbocycles. The second-order valence-corrected chi connectivity index (χ2v) is 9.50. The lowest BCUT2D eigenvalue weighted by atomic mass is 10.1. The maximum atomic E-state index is 12.2. The van der Waals surface area contributed by atoms with E-state index in [1.807, 2.05) is 43.3 Å². The normalized spacial score (nSPS) is 12.8. The van der Waals surface area contributed by atoms with Gasteiger partial charge in [-0.3, -0.25) is 4.79 Å². The van der Waals surface area contributed by atoms with Crippen molar-refractivity contribution in [2.45, 2.75) is 17.4 Å². The first kappa shape index (κ1) is 22.8. The number of amides is 1. The summed E-state index contributed by atoms with van der Waals surface area (Å²) in [5.74, 6) is -0.239. The van der Waals surface area contributed by atoms with Crippen LogP contribution in [0.15, 0.2) is 57.9 Å². The summed E-state index contributed by atoms with van der Waals surface area (Å²) in [6, 6.07) is 13.7. The quantitative estimate of drug-likeness (QED) is 0.568. The van der Waals surface area contributed by atoms with E-state index in [4.69, 9.17) is 11.6 Å². The smallest absolute Gasteiger partial charge is 0.240 e. The Hall–Kier alpha value is -1.45. The van der Waals surface area contributed by atoms with Crippen molar-refractivity contribution in [3.8, 4) is 0 Å². The molecule has 152 valence electrons. The highest BCUT2D eigenvalue weighted by Gasteiger charge is 2.18. The van der Waals surface area contributed by atoms with Crippen molar-refractivity contribution in [1.29, 1.82) is 0 Å². The van der Waals surface area contributed by atoms with Gasteiger partial charge in [0.1, 0.15) is 0 Å². The summed E-state index contributed by atoms with van der Waals surface area (Å²) in [7, 11) is 0.176. The van der Waals surface area contributed by atoms with Gasteiger partial charge in [0.2, 0.25) is 15.9 Å². The largest absolute Gasteiger partial charge is 0.354 e. The number of rotatable bonds is 9. The van der Waals surface area contributed by atoms with Gasteiger partial charge < -0.3 is 10.2 Å². The van der Waals surface area contributed by atoms with Crippen molar-refractivity contribution in [1.82, 2.24) is 14.9 Å². The van der Waals surface area contributed by atoms with Crippen LogP contribution in [0, 0.1) is 0 Å². The van der Waals surface area contributed by atoms with Gasteiger partial charge in [-0.2, -0.15) is 0 Å². The van der Waals surface area contributed by atoms with Gasteiger partial charge in [-0.05, 0) is 50.0 Å². The molecule has 2 rings (SSSR count). The minimum absolute atomic E-state index is 0.0168. The predicted molar refractivity (Wildman–Crippen MR) is 115 cm³/mol. The Balaban J connectivity index is 1.86. The molecule has 0 saturated heterocycles. The summed E-state index contributed by atoms with van der Waals surface area (Å²) in [6.45, 7) is 0.387. The van der Waals surface area contributed by atoms with Crippen molar-refractivity contribution in [2.24, 2.45) is 0 Å². The molecule has 0 saturated carbocycles. The predicted octanol–water partition coefficient (Wildman–Crippen LogP) is 3.19. The van der Waals surface area contributed by atoms with Crippen LogP contribution in [-0.4, -0.2) is 46.4 Å². The third-order valence-corrected chi connectivity index (χ3v) is 6.50. The molecule has 0 aliphatic heterocycles. The number of carbonyl (C=O) groups is 1. The van der Waals surface area contributed by atoms with Crippen LogP contribution in [0.4, 0.5) is 0 Å². The summed E-state index contributed by atoms with van der Waals surface area (Å²) in [5.41, 5.74) is 0.922. The number of carbonyl (C=O) groups excluding carboxylic acids is 1. The standard InChI is InChI=1S/C19H23BrClN3O3S/c1-24(2)18(16-5-3-4-6-17(16)21)13-22-19(25)11-12-23-28(26,27)15-9-7-14(20)8-10-15/h3-10,18,23H,11-13H2,1-2H3,(H,22,25). The van der Waals surface area contributed by atoms with Crippen LogP contribution < -0.4 is 10.0 Å². The number of hydrogen-bond donors (Lipinski definition) is 2. The van der Waals surface area contributed by atoms with E-state index in [1.54, 1.807) is 12.1 Å². The molecule has 2 N–H and O–H groups in total. The summed E-state index contributed by atoms with van der Waals surface area (Å²) < 4.78 is 27.7. The van der Waals surface area contributed by atoms with Crippen molar-refractivity contribution in [3.05, 3.63) is 63.6 Å². The van der Waals surface area contributed by atoms with Gasteiger partial charge in [-0.15, -0.1) is 0 Å². The van der Waals surface area contributed by atoms with Crippen LogP contribution in [-0.2, 0) is 14.8 Å². The molecular weight excluding hydrogens is 466 g/mol. The van der Waals surface area contributed by atoms with Crippen LogP contribution in [0.1, 0.15) is 18.0 Å². The maximum Gasteiger partial charge on any atom is 0.240 e. The van der Waals surface area contributed by atoms with Crippen molar-refractivity contribution in [2.75, 3.05) is 27.2 Å². The fourth-order valence-corrected chi connectivity index (χ4v) is 4.17. The molecule has 0 fully saturated rings. The molecule has 0 spiro atoms. The Morgan fingerprint density at radius 3 is 2.39 bits per heavy atom. The Kier molecular flexibility index (Phi) is 8.45. The first-order valence-electron chi connectivity index (χ1n) is 8.63. The molecule has 1 atom stereocenters. The Bertz CT molecular complexity index is 905. The molecule has 0 bridgehead atoms. The number of halogens is 2. The van der Waals surface area contributed by atoms with Gasteiger partial charge in [0.15, 0.2) is 0 Å². The number of sulfonamides is 1. The molecule has 0 aromatic heterocycles. The number of hydrogen-bond acceptors (Lipinski definition) is 4. The zero-order valence-corrected chi connectivity index (χ0v) is 18.8. The highest BCUT2D eigenvalue weighted by molar-refractivity contribution is 9.10. The lowest BCUT2D eigenvalue weighted by Crippen LogP contribution is -2.36. The minimum atomic E-state index is -3.64. The zero-order chi connectivity index (χ0) is 20.7. The van der Waals surface area contributed by atoms with Crippen LogP contribution in [0.2, 0.25) is 5.02 Å². The van der Waals surface area contributed by atoms with E-state index >= 15 is 0 Å². The van der Waals surface area contributed by atoms with Gasteiger partial charge in [-0.1, -0.05) is 45.7 Å². The van der Waals surface area contributed by atoms with Crippen LogP contribution >= 0.6 is 27.5 Å². The first-order valence-corrected chi connectivity index (χ1v) is 11.3. The number of benzene rings is 2. The van der Waals surface area contributed by atoms with Gasteiger partial charge >= 0.3 is 0 Å². The fourth-order valence-electron chi connectivity index (χ4n) is 2.61. The highest BCUT2D eigenvalue weighted by Crippen LogP contribution is 2.25. The topological polar surface area (TPSA) is 78.5 Å². The van der Waals surface area contributed by atoms with Gasteiger partial charge in [-0.25, -0.2) is 13.1 Å². The third kappa shape index (κ3) is 6.56. The highest BCUT2D eigenvalue weighted by atomic mass is 79.9. The second-order valence-electron chi connectivity index (χ2n) is 6.41. The number of nitrogens with zero attached hydrogens (tertiary/aromatic N) is 1. The third-order valence-electron chi connectivity index (χ3n) is 4.15. The average Bonchev–Trinajstić information content (AvgIpc) is 2.63. The number of nitrogens with one attached hydrogen (secondary N) is 2. The van der Waals surface area contributed by atoms with E-state index < -0.39 is 10.0 Å². The first-order chi connectivity index (χ1) is 13.2. The van der Waals surface area contributed by atoms with Gasteiger partial charge in [0, 0.05) is 29.0 Å². The lowest BCUT2D eigenvalue weighted by Gasteiger charge is -2.26. The molecule has 2 aromatic carbocycles. The Morgan fingerprint density at radius 1 is 1.14 bits per heavy atom. The van der Waals surface area contributed by atoms with E-state index in [0.717, 1.165) is 10.0 Å². The van der Waals surface area contributed by atoms with E-state index in [1.165, 1.54) is 12.1 Å². The number of likely N-dealkylation sites (N-methyl/N-ethyl adjacent to an activating group) is 1. The monoisotopic (exact) mass is 487 g/mol. The molecule has 2 aromatic rings. The maximum absolute atomic E-state index is 12.2. The SMILES string of the molecule is CN(C)C(CNC(=O)CCNS(=O)(=O)c1ccc(Br)cc1)c1ccccc1Cl. The molecule has 0 heterocycles. The van der Waals surface area contributed by atoms with E-state index in [9.17, 15) is 13.2 Å². The summed E-state index contributed by atoms with van der Waals surface area (Å²) in [5, 5.41) is 3.48. The minimum Gasteiger partial charge on any atom is -0.354 e. The summed E-state index contributed by atoms with van der Waals surface area (Å²) in [4.78, 5) is 14.3. The molecule has 1 unspecified atom stereocenters. The van der Waals surface area contributed by atoms with E-state index in [0.29, 0.717) is 11.6 Å². The Morgan fingerprint density at radius 2 is 1.79 bits per heavy atom. The van der Waals surface area contributed by atoms with Crippen LogP contribution in [0.5, 0.6) is 0 Å². The molecule has 0 radical (unpaired) electrons. The fraction of sp³-hybridized carbons (Fsp3) is 0.316. The molecule has 28 heavy (non-hydrogen) atoms. The second kappa shape index (κ2) is 10.4. The summed E-state index contributed by atoms with van der Waals surface area (Å²) in [6.07, 6.45) is 0.0401. The molecule has 9 heteroatoms. The zero-order valence-electron chi connectivity index (χ0n) is 15.7. The van der Waals surface area contributed by atoms with Crippen LogP contribution in [0.3, 0.4) is 0 Å². The van der Waals surface area contributed by atoms with E-state index in [2.05, 4.69) is 26.0 Å². The summed E-state index contributed by atoms with van der Waals surface area (Å²) >= 11 is 9.53. The molecule has 6 nitrogen and oxygen atoms in total. The van der Waals surface area contributed by atoms with Crippen LogP contribution in [0.25, 0.3) is 0 Å². The van der Waals surface area contributed by atoms with Crippen molar-refractivity contribution >= 4 is 43.5 Å². The van der Waals surface area contributed by atoms with Gasteiger partial charge in [0.25, 0.3) is 0 Å². The molecule has 1 amide bonds. The lowest BCUT2D eigenvalue weighted by molar-refractivity contribution is -0.121. The van der Waals surface area contributed by atoms with Gasteiger partial charge in [0.05, 0.1) is 10.9 Å². The van der Waals surface area contributed by atoms with E-state index in [-0.39, 0.29) is 29.8 Å². The molecular formula is C19H23BrClN3O3S. The Labute approximate surface area is 179 Å².